The number of para-hydroxylation sites is 1. The minimum atomic E-state index is -0.924. The van der Waals surface area contributed by atoms with E-state index in [2.05, 4.69) is 30.3 Å². The molecule has 0 saturated heterocycles. The first-order valence-corrected chi connectivity index (χ1v) is 6.62. The molecule has 1 aromatic carbocycles. The summed E-state index contributed by atoms with van der Waals surface area (Å²) in [6.07, 6.45) is 1.05. The molecule has 1 atom stereocenters. The highest BCUT2D eigenvalue weighted by Gasteiger charge is 2.18. The van der Waals surface area contributed by atoms with E-state index >= 15 is 0 Å². The van der Waals surface area contributed by atoms with Gasteiger partial charge in [0.25, 0.3) is 0 Å². The molecule has 102 valence electrons. The Balaban J connectivity index is 2.60. The number of rotatable bonds is 4. The zero-order valence-corrected chi connectivity index (χ0v) is 11.8. The van der Waals surface area contributed by atoms with Crippen LogP contribution in [0.5, 0.6) is 0 Å². The molecule has 2 rings (SSSR count). The summed E-state index contributed by atoms with van der Waals surface area (Å²) >= 11 is 0. The largest absolute Gasteiger partial charge is 0.478 e. The Morgan fingerprint density at radius 2 is 2.05 bits per heavy atom. The van der Waals surface area contributed by atoms with E-state index in [4.69, 9.17) is 0 Å². The van der Waals surface area contributed by atoms with E-state index < -0.39 is 5.97 Å². The fraction of sp³-hybridized carbons (Fsp3) is 0.467. The van der Waals surface area contributed by atoms with Gasteiger partial charge in [-0.2, -0.15) is 0 Å². The number of carbonyl (C=O) groups is 1. The first-order chi connectivity index (χ1) is 8.91. The third-order valence-corrected chi connectivity index (χ3v) is 3.38. The molecule has 1 N–H and O–H groups in total. The van der Waals surface area contributed by atoms with Gasteiger partial charge in [-0.05, 0) is 38.3 Å². The van der Waals surface area contributed by atoms with Crippen molar-refractivity contribution in [2.45, 2.75) is 40.2 Å². The number of fused-ring (bicyclic) bond motifs is 1. The lowest BCUT2D eigenvalue weighted by molar-refractivity contribution is 0.0699. The number of hydrogen-bond acceptors (Lipinski definition) is 2. The van der Waals surface area contributed by atoms with Crippen LogP contribution in [0.1, 0.15) is 49.4 Å². The van der Waals surface area contributed by atoms with Crippen LogP contribution in [0.2, 0.25) is 0 Å². The Kier molecular flexibility index (Phi) is 3.60. The van der Waals surface area contributed by atoms with E-state index in [0.29, 0.717) is 17.5 Å². The Morgan fingerprint density at radius 3 is 2.63 bits per heavy atom. The van der Waals surface area contributed by atoms with Crippen LogP contribution < -0.4 is 0 Å². The topological polar surface area (TPSA) is 55.1 Å². The molecule has 0 amide bonds. The first kappa shape index (κ1) is 13.6. The fourth-order valence-corrected chi connectivity index (χ4v) is 2.75. The quantitative estimate of drug-likeness (QED) is 0.912. The number of carboxylic acid groups (broad SMARTS) is 1. The number of nitrogens with zero attached hydrogens (tertiary/aromatic N) is 2. The van der Waals surface area contributed by atoms with Crippen LogP contribution in [0.3, 0.4) is 0 Å². The number of hydrogen-bond donors (Lipinski definition) is 1. The van der Waals surface area contributed by atoms with Crippen LogP contribution in [0.15, 0.2) is 18.2 Å². The fourth-order valence-electron chi connectivity index (χ4n) is 2.75. The summed E-state index contributed by atoms with van der Waals surface area (Å²) in [5.74, 6) is 0.540. The van der Waals surface area contributed by atoms with Crippen molar-refractivity contribution in [2.24, 2.45) is 5.92 Å². The highest BCUT2D eigenvalue weighted by molar-refractivity contribution is 6.01. The lowest BCUT2D eigenvalue weighted by Gasteiger charge is -2.18. The van der Waals surface area contributed by atoms with E-state index in [1.807, 2.05) is 13.0 Å². The van der Waals surface area contributed by atoms with Gasteiger partial charge in [-0.3, -0.25) is 0 Å². The highest BCUT2D eigenvalue weighted by Crippen LogP contribution is 2.27. The Bertz CT molecular complexity index is 614. The van der Waals surface area contributed by atoms with Crippen LogP contribution in [0, 0.1) is 12.8 Å². The lowest BCUT2D eigenvalue weighted by atomic mass is 10.0. The van der Waals surface area contributed by atoms with Gasteiger partial charge < -0.3 is 9.67 Å². The van der Waals surface area contributed by atoms with Gasteiger partial charge in [0, 0.05) is 6.04 Å². The van der Waals surface area contributed by atoms with Gasteiger partial charge in [-0.1, -0.05) is 19.9 Å². The van der Waals surface area contributed by atoms with Gasteiger partial charge in [0.05, 0.1) is 11.1 Å². The van der Waals surface area contributed by atoms with Crippen LogP contribution in [0.25, 0.3) is 11.0 Å². The summed E-state index contributed by atoms with van der Waals surface area (Å²) in [4.78, 5) is 15.7. The van der Waals surface area contributed by atoms with Crippen molar-refractivity contribution in [3.05, 3.63) is 29.6 Å². The second-order valence-electron chi connectivity index (χ2n) is 5.49. The third-order valence-electron chi connectivity index (χ3n) is 3.38. The molecule has 4 nitrogen and oxygen atoms in total. The molecule has 0 spiro atoms. The summed E-state index contributed by atoms with van der Waals surface area (Å²) in [6.45, 7) is 8.46. The molecule has 0 fully saturated rings. The molecule has 0 radical (unpaired) electrons. The normalized spacial score (nSPS) is 13.1. The van der Waals surface area contributed by atoms with Crippen molar-refractivity contribution in [1.29, 1.82) is 0 Å². The molecule has 1 heterocycles. The monoisotopic (exact) mass is 260 g/mol. The predicted molar refractivity (Wildman–Crippen MR) is 75.6 cm³/mol. The molecule has 0 saturated carbocycles. The molecule has 19 heavy (non-hydrogen) atoms. The zero-order valence-electron chi connectivity index (χ0n) is 11.8. The average molecular weight is 260 g/mol. The van der Waals surface area contributed by atoms with Crippen LogP contribution in [0.4, 0.5) is 0 Å². The third kappa shape index (κ3) is 2.48. The lowest BCUT2D eigenvalue weighted by Crippen LogP contribution is -2.09. The molecule has 1 aromatic heterocycles. The van der Waals surface area contributed by atoms with Crippen molar-refractivity contribution in [3.8, 4) is 0 Å². The van der Waals surface area contributed by atoms with Crippen LogP contribution >= 0.6 is 0 Å². The summed E-state index contributed by atoms with van der Waals surface area (Å²) in [6, 6.07) is 5.65. The molecular weight excluding hydrogens is 240 g/mol. The molecule has 4 heteroatoms. The number of aryl methyl sites for hydroxylation is 1. The van der Waals surface area contributed by atoms with Crippen molar-refractivity contribution in [3.63, 3.8) is 0 Å². The maximum Gasteiger partial charge on any atom is 0.337 e. The minimum Gasteiger partial charge on any atom is -0.478 e. The SMILES string of the molecule is Cc1nc2c(C(=O)O)cccc2n1C(C)CC(C)C. The number of carboxylic acids is 1. The highest BCUT2D eigenvalue weighted by atomic mass is 16.4. The second-order valence-corrected chi connectivity index (χ2v) is 5.49. The number of aromatic carboxylic acids is 1. The summed E-state index contributed by atoms with van der Waals surface area (Å²) in [7, 11) is 0. The Labute approximate surface area is 113 Å². The van der Waals surface area contributed by atoms with Crippen molar-refractivity contribution >= 4 is 17.0 Å². The van der Waals surface area contributed by atoms with Gasteiger partial charge in [-0.15, -0.1) is 0 Å². The standard InChI is InChI=1S/C15H20N2O2/c1-9(2)8-10(3)17-11(4)16-14-12(15(18)19)6-5-7-13(14)17/h5-7,9-10H,8H2,1-4H3,(H,18,19). The van der Waals surface area contributed by atoms with E-state index in [1.54, 1.807) is 12.1 Å². The number of benzene rings is 1. The number of imidazole rings is 1. The Morgan fingerprint density at radius 1 is 1.37 bits per heavy atom. The van der Waals surface area contributed by atoms with E-state index in [-0.39, 0.29) is 5.56 Å². The van der Waals surface area contributed by atoms with Crippen molar-refractivity contribution in [1.82, 2.24) is 9.55 Å². The summed E-state index contributed by atoms with van der Waals surface area (Å²) in [5.41, 5.74) is 1.77. The van der Waals surface area contributed by atoms with Gasteiger partial charge in [-0.25, -0.2) is 9.78 Å². The molecule has 1 unspecified atom stereocenters. The maximum absolute atomic E-state index is 11.2. The molecular formula is C15H20N2O2. The van der Waals surface area contributed by atoms with Gasteiger partial charge >= 0.3 is 5.97 Å². The van der Waals surface area contributed by atoms with Gasteiger partial charge in [0.2, 0.25) is 0 Å². The van der Waals surface area contributed by atoms with Crippen LogP contribution in [-0.4, -0.2) is 20.6 Å². The van der Waals surface area contributed by atoms with Crippen molar-refractivity contribution in [2.75, 3.05) is 0 Å². The van der Waals surface area contributed by atoms with E-state index in [1.165, 1.54) is 0 Å². The second kappa shape index (κ2) is 5.03. The average Bonchev–Trinajstić information content (AvgIpc) is 2.63. The van der Waals surface area contributed by atoms with Crippen LogP contribution in [-0.2, 0) is 0 Å². The smallest absolute Gasteiger partial charge is 0.337 e. The summed E-state index contributed by atoms with van der Waals surface area (Å²) in [5, 5.41) is 9.22. The van der Waals surface area contributed by atoms with E-state index in [9.17, 15) is 9.90 Å². The molecule has 0 aliphatic carbocycles. The predicted octanol–water partition coefficient (Wildman–Crippen LogP) is 3.65. The summed E-state index contributed by atoms with van der Waals surface area (Å²) < 4.78 is 2.14. The number of aromatic nitrogens is 2. The molecule has 0 aliphatic rings. The molecule has 0 aliphatic heterocycles. The van der Waals surface area contributed by atoms with Gasteiger partial charge in [0.15, 0.2) is 0 Å². The maximum atomic E-state index is 11.2. The molecule has 2 aromatic rings. The Hall–Kier alpha value is -1.84. The van der Waals surface area contributed by atoms with Crippen molar-refractivity contribution < 1.29 is 9.90 Å². The molecule has 0 bridgehead atoms. The first-order valence-electron chi connectivity index (χ1n) is 6.62. The van der Waals surface area contributed by atoms with Gasteiger partial charge in [0.1, 0.15) is 11.3 Å². The van der Waals surface area contributed by atoms with E-state index in [0.717, 1.165) is 17.8 Å². The minimum absolute atomic E-state index is 0.274. The zero-order chi connectivity index (χ0) is 14.2.